The Balaban J connectivity index is 1.50. The molecule has 1 atom stereocenters. The molecule has 3 amide bonds. The van der Waals surface area contributed by atoms with E-state index in [2.05, 4.69) is 15.0 Å². The number of benzene rings is 3. The quantitative estimate of drug-likeness (QED) is 0.192. The van der Waals surface area contributed by atoms with Crippen LogP contribution in [0, 0.1) is 6.92 Å². The van der Waals surface area contributed by atoms with Gasteiger partial charge in [0, 0.05) is 18.3 Å². The van der Waals surface area contributed by atoms with Crippen LogP contribution in [0.2, 0.25) is 0 Å². The first-order chi connectivity index (χ1) is 21.9. The lowest BCUT2D eigenvalue weighted by atomic mass is 9.95. The summed E-state index contributed by atoms with van der Waals surface area (Å²) in [5.74, 6) is -0.645. The van der Waals surface area contributed by atoms with Gasteiger partial charge in [-0.25, -0.2) is 0 Å². The first kappa shape index (κ1) is 31.7. The van der Waals surface area contributed by atoms with Crippen molar-refractivity contribution in [2.24, 2.45) is 0 Å². The third kappa shape index (κ3) is 7.69. The second kappa shape index (κ2) is 14.9. The van der Waals surface area contributed by atoms with E-state index >= 15 is 0 Å². The van der Waals surface area contributed by atoms with Crippen molar-refractivity contribution >= 4 is 40.6 Å². The number of nitrogens with two attached hydrogens (primary N) is 1. The molecular weight excluding hydrogens is 586 g/mol. The lowest BCUT2D eigenvalue weighted by molar-refractivity contribution is -0.122. The van der Waals surface area contributed by atoms with Crippen LogP contribution in [0.15, 0.2) is 78.9 Å². The number of nitrogens with one attached hydrogen (secondary N) is 2. The minimum absolute atomic E-state index is 0.00827. The molecule has 3 aromatic carbocycles. The predicted molar refractivity (Wildman–Crippen MR) is 178 cm³/mol. The van der Waals surface area contributed by atoms with Gasteiger partial charge in [-0.2, -0.15) is 4.37 Å². The number of nitrogens with zero attached hydrogens (tertiary/aromatic N) is 2. The summed E-state index contributed by atoms with van der Waals surface area (Å²) in [6.45, 7) is 2.29. The minimum Gasteiger partial charge on any atom is -0.497 e. The molecule has 1 aliphatic carbocycles. The molecule has 10 heteroatoms. The smallest absolute Gasteiger partial charge is 0.273 e. The number of ether oxygens (including phenoxy) is 1. The van der Waals surface area contributed by atoms with E-state index in [1.165, 1.54) is 4.90 Å². The van der Waals surface area contributed by atoms with Crippen LogP contribution in [0.5, 0.6) is 5.75 Å². The van der Waals surface area contributed by atoms with Gasteiger partial charge in [0.05, 0.1) is 12.8 Å². The molecule has 0 saturated heterocycles. The molecule has 234 valence electrons. The SMILES string of the molecule is COc1ccc([C@@H](C(=O)NCCc2ccccc2)N(C(=O)c2snc(C(=O)NC3CCCCC3)c2N)c2cccc(C)c2)cc1. The molecule has 0 bridgehead atoms. The molecule has 1 aliphatic rings. The van der Waals surface area contributed by atoms with E-state index in [0.29, 0.717) is 30.0 Å². The fourth-order valence-corrected chi connectivity index (χ4v) is 6.40. The number of amides is 3. The van der Waals surface area contributed by atoms with Gasteiger partial charge in [0.1, 0.15) is 16.7 Å². The summed E-state index contributed by atoms with van der Waals surface area (Å²) < 4.78 is 9.67. The van der Waals surface area contributed by atoms with E-state index in [1.54, 1.807) is 37.4 Å². The Bertz CT molecular complexity index is 1620. The van der Waals surface area contributed by atoms with Gasteiger partial charge in [0.2, 0.25) is 5.91 Å². The summed E-state index contributed by atoms with van der Waals surface area (Å²) >= 11 is 0.869. The summed E-state index contributed by atoms with van der Waals surface area (Å²) in [7, 11) is 1.57. The van der Waals surface area contributed by atoms with Crippen molar-refractivity contribution in [3.8, 4) is 5.75 Å². The number of rotatable bonds is 11. The standard InChI is InChI=1S/C35H39N5O4S/c1-23-10-9-15-27(22-23)40(35(43)32-29(36)30(39-45-32)33(41)38-26-13-7-4-8-14-26)31(25-16-18-28(44-2)19-17-25)34(42)37-21-20-24-11-5-3-6-12-24/h3,5-6,9-12,15-19,22,26,31H,4,7-8,13-14,20-21,36H2,1-2H3,(H,37,42)(H,38,41)/t31-/m0/s1. The number of nitrogen functional groups attached to an aromatic ring is 1. The Labute approximate surface area is 268 Å². The molecule has 4 aromatic rings. The summed E-state index contributed by atoms with van der Waals surface area (Å²) in [5.41, 5.74) is 9.61. The van der Waals surface area contributed by atoms with Crippen LogP contribution in [0.25, 0.3) is 0 Å². The molecule has 1 heterocycles. The molecule has 0 radical (unpaired) electrons. The number of methoxy groups -OCH3 is 1. The Morgan fingerprint density at radius 2 is 1.73 bits per heavy atom. The Morgan fingerprint density at radius 1 is 1.00 bits per heavy atom. The molecule has 0 aliphatic heterocycles. The number of hydrogen-bond acceptors (Lipinski definition) is 7. The van der Waals surface area contributed by atoms with Crippen LogP contribution in [-0.2, 0) is 11.2 Å². The molecule has 1 saturated carbocycles. The summed E-state index contributed by atoms with van der Waals surface area (Å²) in [5, 5.41) is 6.08. The monoisotopic (exact) mass is 625 g/mol. The number of hydrogen-bond donors (Lipinski definition) is 3. The van der Waals surface area contributed by atoms with Crippen molar-refractivity contribution in [3.63, 3.8) is 0 Å². The second-order valence-corrected chi connectivity index (χ2v) is 12.1. The van der Waals surface area contributed by atoms with E-state index in [9.17, 15) is 14.4 Å². The van der Waals surface area contributed by atoms with Crippen molar-refractivity contribution < 1.29 is 19.1 Å². The third-order valence-corrected chi connectivity index (χ3v) is 8.92. The predicted octanol–water partition coefficient (Wildman–Crippen LogP) is 5.85. The Morgan fingerprint density at radius 3 is 2.42 bits per heavy atom. The highest BCUT2D eigenvalue weighted by Gasteiger charge is 2.36. The Hall–Kier alpha value is -4.70. The van der Waals surface area contributed by atoms with E-state index in [-0.39, 0.29) is 34.1 Å². The lowest BCUT2D eigenvalue weighted by Crippen LogP contribution is -2.44. The molecule has 9 nitrogen and oxygen atoms in total. The molecule has 5 rings (SSSR count). The molecule has 1 fully saturated rings. The zero-order valence-electron chi connectivity index (χ0n) is 25.6. The summed E-state index contributed by atoms with van der Waals surface area (Å²) in [4.78, 5) is 43.3. The molecule has 4 N–H and O–H groups in total. The maximum atomic E-state index is 14.5. The molecule has 1 aromatic heterocycles. The van der Waals surface area contributed by atoms with Crippen LogP contribution >= 0.6 is 11.5 Å². The van der Waals surface area contributed by atoms with Crippen molar-refractivity contribution in [1.29, 1.82) is 0 Å². The van der Waals surface area contributed by atoms with Gasteiger partial charge in [0.25, 0.3) is 11.8 Å². The molecule has 45 heavy (non-hydrogen) atoms. The van der Waals surface area contributed by atoms with Crippen molar-refractivity contribution in [1.82, 2.24) is 15.0 Å². The van der Waals surface area contributed by atoms with Crippen LogP contribution < -0.4 is 26.0 Å². The Kier molecular flexibility index (Phi) is 10.5. The van der Waals surface area contributed by atoms with E-state index in [0.717, 1.165) is 54.8 Å². The zero-order valence-corrected chi connectivity index (χ0v) is 26.4. The van der Waals surface area contributed by atoms with Gasteiger partial charge in [-0.1, -0.05) is 73.9 Å². The van der Waals surface area contributed by atoms with Gasteiger partial charge in [-0.3, -0.25) is 19.3 Å². The second-order valence-electron chi connectivity index (χ2n) is 11.3. The average Bonchev–Trinajstić information content (AvgIpc) is 3.45. The van der Waals surface area contributed by atoms with Crippen LogP contribution in [-0.4, -0.2) is 41.8 Å². The lowest BCUT2D eigenvalue weighted by Gasteiger charge is -2.31. The highest BCUT2D eigenvalue weighted by atomic mass is 32.1. The van der Waals surface area contributed by atoms with Gasteiger partial charge in [-0.05, 0) is 78.7 Å². The van der Waals surface area contributed by atoms with Gasteiger partial charge in [-0.15, -0.1) is 0 Å². The maximum Gasteiger partial charge on any atom is 0.273 e. The zero-order chi connectivity index (χ0) is 31.8. The highest BCUT2D eigenvalue weighted by molar-refractivity contribution is 7.09. The molecular formula is C35H39N5O4S. The number of aryl methyl sites for hydroxylation is 1. The largest absolute Gasteiger partial charge is 0.497 e. The number of carbonyl (C=O) groups is 3. The third-order valence-electron chi connectivity index (χ3n) is 8.07. The van der Waals surface area contributed by atoms with Crippen molar-refractivity contribution in [2.75, 3.05) is 24.3 Å². The molecule has 0 spiro atoms. The summed E-state index contributed by atoms with van der Waals surface area (Å²) in [6.07, 6.45) is 5.73. The highest BCUT2D eigenvalue weighted by Crippen LogP contribution is 2.34. The first-order valence-corrected chi connectivity index (χ1v) is 16.0. The number of aromatic nitrogens is 1. The van der Waals surface area contributed by atoms with E-state index < -0.39 is 11.9 Å². The normalized spacial score (nSPS) is 13.9. The topological polar surface area (TPSA) is 127 Å². The summed E-state index contributed by atoms with van der Waals surface area (Å²) in [6, 6.07) is 23.3. The number of carbonyl (C=O) groups excluding carboxylic acids is 3. The maximum absolute atomic E-state index is 14.5. The van der Waals surface area contributed by atoms with Gasteiger partial charge < -0.3 is 21.1 Å². The van der Waals surface area contributed by atoms with E-state index in [1.807, 2.05) is 55.5 Å². The van der Waals surface area contributed by atoms with Gasteiger partial charge >= 0.3 is 0 Å². The molecule has 0 unspecified atom stereocenters. The number of anilines is 2. The fourth-order valence-electron chi connectivity index (χ4n) is 5.66. The minimum atomic E-state index is -1.05. The van der Waals surface area contributed by atoms with Crippen LogP contribution in [0.3, 0.4) is 0 Å². The van der Waals surface area contributed by atoms with Crippen molar-refractivity contribution in [2.45, 2.75) is 57.5 Å². The van der Waals surface area contributed by atoms with Crippen LogP contribution in [0.1, 0.15) is 75.0 Å². The average molecular weight is 626 g/mol. The fraction of sp³-hybridized carbons (Fsp3) is 0.314. The van der Waals surface area contributed by atoms with Crippen molar-refractivity contribution in [3.05, 3.63) is 106 Å². The van der Waals surface area contributed by atoms with Gasteiger partial charge in [0.15, 0.2) is 5.69 Å². The first-order valence-electron chi connectivity index (χ1n) is 15.3. The van der Waals surface area contributed by atoms with E-state index in [4.69, 9.17) is 10.5 Å². The van der Waals surface area contributed by atoms with Crippen LogP contribution in [0.4, 0.5) is 11.4 Å².